The number of aromatic nitrogens is 2. The van der Waals surface area contributed by atoms with Crippen molar-refractivity contribution in [2.45, 2.75) is 31.7 Å². The number of nitrogens with zero attached hydrogens (tertiary/aromatic N) is 3. The van der Waals surface area contributed by atoms with Gasteiger partial charge in [0.05, 0.1) is 24.0 Å². The third-order valence-electron chi connectivity index (χ3n) is 4.78. The summed E-state index contributed by atoms with van der Waals surface area (Å²) in [5.41, 5.74) is 3.03. The molecule has 1 saturated carbocycles. The van der Waals surface area contributed by atoms with Gasteiger partial charge in [-0.1, -0.05) is 29.8 Å². The van der Waals surface area contributed by atoms with Gasteiger partial charge < -0.3 is 25.0 Å². The van der Waals surface area contributed by atoms with E-state index in [1.807, 2.05) is 19.0 Å². The van der Waals surface area contributed by atoms with E-state index in [9.17, 15) is 4.79 Å². The number of hydrogen-bond acceptors (Lipinski definition) is 5. The van der Waals surface area contributed by atoms with Gasteiger partial charge >= 0.3 is 0 Å². The molecule has 2 aromatic rings. The molecule has 0 unspecified atom stereocenters. The topological polar surface area (TPSA) is 127 Å². The third kappa shape index (κ3) is 7.32. The van der Waals surface area contributed by atoms with Gasteiger partial charge in [-0.2, -0.15) is 0 Å². The quantitative estimate of drug-likeness (QED) is 0.585. The Morgan fingerprint density at radius 1 is 1.13 bits per heavy atom. The van der Waals surface area contributed by atoms with E-state index in [4.69, 9.17) is 19.8 Å². The highest BCUT2D eigenvalue weighted by Crippen LogP contribution is 2.49. The minimum Gasteiger partial charge on any atom is -0.483 e. The zero-order valence-electron chi connectivity index (χ0n) is 17.6. The van der Waals surface area contributed by atoms with Crippen molar-refractivity contribution in [2.24, 2.45) is 0 Å². The van der Waals surface area contributed by atoms with Crippen molar-refractivity contribution in [2.75, 3.05) is 27.2 Å². The van der Waals surface area contributed by atoms with E-state index >= 15 is 0 Å². The van der Waals surface area contributed by atoms with Gasteiger partial charge in [-0.15, -0.1) is 0 Å². The van der Waals surface area contributed by atoms with E-state index in [0.29, 0.717) is 6.54 Å². The van der Waals surface area contributed by atoms with Crippen molar-refractivity contribution >= 4 is 18.9 Å². The molecule has 1 aromatic heterocycles. The first-order valence-electron chi connectivity index (χ1n) is 9.48. The molecule has 0 radical (unpaired) electrons. The fourth-order valence-electron chi connectivity index (χ4n) is 3.08. The number of aryl methyl sites for hydroxylation is 1. The maximum atomic E-state index is 13.3. The molecule has 0 bridgehead atoms. The molecule has 164 valence electrons. The van der Waals surface area contributed by atoms with Crippen molar-refractivity contribution < 1.29 is 24.6 Å². The van der Waals surface area contributed by atoms with Crippen molar-refractivity contribution in [1.82, 2.24) is 19.8 Å². The second kappa shape index (κ2) is 12.4. The summed E-state index contributed by atoms with van der Waals surface area (Å²) in [7, 11) is 4.07. The van der Waals surface area contributed by atoms with Gasteiger partial charge in [0.2, 0.25) is 5.91 Å². The summed E-state index contributed by atoms with van der Waals surface area (Å²) in [4.78, 5) is 41.3. The number of likely N-dealkylation sites (N-methyl/N-ethyl adjacent to an activating group) is 1. The number of imidazole rings is 1. The van der Waals surface area contributed by atoms with Crippen LogP contribution < -0.4 is 0 Å². The number of aromatic amines is 1. The monoisotopic (exact) mass is 418 g/mol. The van der Waals surface area contributed by atoms with E-state index in [1.54, 1.807) is 12.5 Å². The summed E-state index contributed by atoms with van der Waals surface area (Å²) in [6.07, 6.45) is 5.34. The summed E-state index contributed by atoms with van der Waals surface area (Å²) in [5.74, 6) is 0.239. The van der Waals surface area contributed by atoms with Gasteiger partial charge in [-0.25, -0.2) is 4.98 Å². The Hall–Kier alpha value is -3.20. The first-order valence-corrected chi connectivity index (χ1v) is 9.48. The lowest BCUT2D eigenvalue weighted by Gasteiger charge is -2.28. The van der Waals surface area contributed by atoms with Crippen LogP contribution in [0.15, 0.2) is 36.8 Å². The van der Waals surface area contributed by atoms with E-state index < -0.39 is 0 Å². The highest BCUT2D eigenvalue weighted by atomic mass is 16.3. The van der Waals surface area contributed by atoms with E-state index in [2.05, 4.69) is 46.1 Å². The van der Waals surface area contributed by atoms with Crippen LogP contribution in [0.25, 0.3) is 0 Å². The lowest BCUT2D eigenvalue weighted by molar-refractivity contribution is -0.135. The highest BCUT2D eigenvalue weighted by molar-refractivity contribution is 5.91. The summed E-state index contributed by atoms with van der Waals surface area (Å²) in [6, 6.07) is 8.42. The lowest BCUT2D eigenvalue weighted by Crippen LogP contribution is -2.42. The maximum absolute atomic E-state index is 13.3. The van der Waals surface area contributed by atoms with E-state index in [-0.39, 0.29) is 24.3 Å². The molecule has 1 aliphatic rings. The van der Waals surface area contributed by atoms with Crippen LogP contribution in [0.3, 0.4) is 0 Å². The fourth-order valence-corrected chi connectivity index (χ4v) is 3.08. The predicted molar refractivity (Wildman–Crippen MR) is 112 cm³/mol. The van der Waals surface area contributed by atoms with Gasteiger partial charge in [0, 0.05) is 19.3 Å². The van der Waals surface area contributed by atoms with Crippen LogP contribution in [0.1, 0.15) is 29.7 Å². The molecule has 1 aliphatic carbocycles. The number of carboxylic acid groups (broad SMARTS) is 2. The SMILES string of the molecule is Cc1ccc(C2(C(=O)N(CCN(C)C)Cc3cnc[nH]3)CC2)cc1.O=CO.O=CO. The minimum absolute atomic E-state index is 0.239. The van der Waals surface area contributed by atoms with Crippen LogP contribution in [-0.2, 0) is 26.3 Å². The first-order chi connectivity index (χ1) is 14.3. The molecular formula is C21H30N4O5. The zero-order valence-corrected chi connectivity index (χ0v) is 17.6. The highest BCUT2D eigenvalue weighted by Gasteiger charge is 2.52. The van der Waals surface area contributed by atoms with Crippen LogP contribution in [0.2, 0.25) is 0 Å². The number of carbonyl (C=O) groups excluding carboxylic acids is 1. The Morgan fingerprint density at radius 2 is 1.70 bits per heavy atom. The third-order valence-corrected chi connectivity index (χ3v) is 4.78. The van der Waals surface area contributed by atoms with Gasteiger partial charge in [0.1, 0.15) is 0 Å². The summed E-state index contributed by atoms with van der Waals surface area (Å²) in [5, 5.41) is 13.8. The largest absolute Gasteiger partial charge is 0.483 e. The first kappa shape index (κ1) is 24.8. The second-order valence-electron chi connectivity index (χ2n) is 7.27. The van der Waals surface area contributed by atoms with Gasteiger partial charge in [-0.3, -0.25) is 14.4 Å². The molecule has 30 heavy (non-hydrogen) atoms. The second-order valence-corrected chi connectivity index (χ2v) is 7.27. The van der Waals surface area contributed by atoms with Crippen molar-refractivity contribution in [1.29, 1.82) is 0 Å². The predicted octanol–water partition coefficient (Wildman–Crippen LogP) is 1.74. The fraction of sp³-hybridized carbons (Fsp3) is 0.429. The minimum atomic E-state index is -0.319. The molecule has 1 aromatic carbocycles. The van der Waals surface area contributed by atoms with E-state index in [0.717, 1.165) is 37.2 Å². The summed E-state index contributed by atoms with van der Waals surface area (Å²) < 4.78 is 0. The lowest BCUT2D eigenvalue weighted by atomic mass is 9.93. The number of rotatable bonds is 7. The normalized spacial score (nSPS) is 13.2. The molecule has 0 saturated heterocycles. The maximum Gasteiger partial charge on any atom is 0.290 e. The van der Waals surface area contributed by atoms with Crippen LogP contribution in [-0.4, -0.2) is 76.0 Å². The van der Waals surface area contributed by atoms with Crippen LogP contribution in [0.4, 0.5) is 0 Å². The van der Waals surface area contributed by atoms with Gasteiger partial charge in [0.15, 0.2) is 0 Å². The van der Waals surface area contributed by atoms with Crippen molar-refractivity contribution in [3.63, 3.8) is 0 Å². The molecule has 0 spiro atoms. The number of benzene rings is 1. The number of H-pyrrole nitrogens is 1. The van der Waals surface area contributed by atoms with Crippen LogP contribution in [0, 0.1) is 6.92 Å². The van der Waals surface area contributed by atoms with Crippen molar-refractivity contribution in [3.05, 3.63) is 53.6 Å². The molecule has 1 fully saturated rings. The average molecular weight is 418 g/mol. The Balaban J connectivity index is 0.000000672. The number of hydrogen-bond donors (Lipinski definition) is 3. The van der Waals surface area contributed by atoms with Crippen LogP contribution in [0.5, 0.6) is 0 Å². The number of nitrogens with one attached hydrogen (secondary N) is 1. The number of amides is 1. The molecule has 9 heteroatoms. The molecular weight excluding hydrogens is 388 g/mol. The Kier molecular flexibility index (Phi) is 10.3. The summed E-state index contributed by atoms with van der Waals surface area (Å²) in [6.45, 7) is 3.73. The summed E-state index contributed by atoms with van der Waals surface area (Å²) >= 11 is 0. The Bertz CT molecular complexity index is 765. The smallest absolute Gasteiger partial charge is 0.290 e. The molecule has 9 nitrogen and oxygen atoms in total. The Labute approximate surface area is 176 Å². The molecule has 1 amide bonds. The molecule has 3 N–H and O–H groups in total. The van der Waals surface area contributed by atoms with E-state index in [1.165, 1.54) is 5.56 Å². The average Bonchev–Trinajstić information content (AvgIpc) is 3.35. The molecule has 0 aliphatic heterocycles. The van der Waals surface area contributed by atoms with Gasteiger partial charge in [-0.05, 0) is 39.4 Å². The standard InChI is InChI=1S/C19H26N4O.2CH2O2/c1-15-4-6-16(7-5-15)19(8-9-19)18(24)23(11-10-22(2)3)13-17-12-20-14-21-17;2*2-1-3/h4-7,12,14H,8-11,13H2,1-3H3,(H,20,21);2*1H,(H,2,3). The number of carbonyl (C=O) groups is 3. The molecule has 1 heterocycles. The van der Waals surface area contributed by atoms with Crippen molar-refractivity contribution in [3.8, 4) is 0 Å². The Morgan fingerprint density at radius 3 is 2.13 bits per heavy atom. The van der Waals surface area contributed by atoms with Gasteiger partial charge in [0.25, 0.3) is 12.9 Å². The molecule has 3 rings (SSSR count). The van der Waals surface area contributed by atoms with Crippen LogP contribution >= 0.6 is 0 Å². The zero-order chi connectivity index (χ0) is 22.6. The molecule has 0 atom stereocenters.